The molecule has 3 rings (SSSR count). The number of halogens is 4. The molecule has 0 fully saturated rings. The van der Waals surface area contributed by atoms with Crippen LogP contribution in [0.5, 0.6) is 0 Å². The van der Waals surface area contributed by atoms with Gasteiger partial charge in [-0.05, 0) is 53.1 Å². The summed E-state index contributed by atoms with van der Waals surface area (Å²) in [5, 5.41) is 0. The second-order valence-corrected chi connectivity index (χ2v) is 6.67. The monoisotopic (exact) mass is 394 g/mol. The summed E-state index contributed by atoms with van der Waals surface area (Å²) in [4.78, 5) is 3.66. The lowest BCUT2D eigenvalue weighted by Gasteiger charge is -2.12. The van der Waals surface area contributed by atoms with Gasteiger partial charge in [-0.2, -0.15) is 13.2 Å². The van der Waals surface area contributed by atoms with Crippen LogP contribution in [0.4, 0.5) is 17.6 Å². The third kappa shape index (κ3) is 4.78. The average molecular weight is 394 g/mol. The Labute approximate surface area is 155 Å². The Bertz CT molecular complexity index is 970. The van der Waals surface area contributed by atoms with E-state index in [0.29, 0.717) is 16.7 Å². The van der Waals surface area contributed by atoms with Gasteiger partial charge in [0.25, 0.3) is 0 Å². The number of hydrogen-bond donors (Lipinski definition) is 0. The van der Waals surface area contributed by atoms with Crippen LogP contribution in [0.1, 0.15) is 11.3 Å². The summed E-state index contributed by atoms with van der Waals surface area (Å²) in [6, 6.07) is 13.6. The van der Waals surface area contributed by atoms with Crippen molar-refractivity contribution < 1.29 is 26.3 Å². The highest BCUT2D eigenvalue weighted by atomic mass is 32.2. The van der Waals surface area contributed by atoms with Crippen LogP contribution in [0, 0.1) is 5.82 Å². The lowest BCUT2D eigenvalue weighted by Crippen LogP contribution is -2.09. The Kier molecular flexibility index (Phi) is 5.38. The molecule has 0 spiro atoms. The molecule has 1 heterocycles. The standard InChI is InChI=1S/C19H13F4NO2S/c20-16-7-5-14(6-8-16)17-9-15(10-18(24-17)19(21,22)23)13-3-1-12(2-4-13)11-27(25)26/h1-10H,11H2,(H,25,26)/p-1. The quantitative estimate of drug-likeness (QED) is 0.465. The van der Waals surface area contributed by atoms with Crippen LogP contribution >= 0.6 is 0 Å². The maximum absolute atomic E-state index is 13.3. The number of benzene rings is 2. The summed E-state index contributed by atoms with van der Waals surface area (Å²) in [5.74, 6) is -0.678. The van der Waals surface area contributed by atoms with E-state index >= 15 is 0 Å². The first-order valence-corrected chi connectivity index (χ1v) is 8.97. The van der Waals surface area contributed by atoms with Crippen molar-refractivity contribution >= 4 is 11.1 Å². The van der Waals surface area contributed by atoms with Crippen LogP contribution in [0.25, 0.3) is 22.4 Å². The van der Waals surface area contributed by atoms with Gasteiger partial charge >= 0.3 is 6.18 Å². The molecule has 3 aromatic rings. The zero-order chi connectivity index (χ0) is 19.6. The van der Waals surface area contributed by atoms with Crippen molar-refractivity contribution in [2.75, 3.05) is 0 Å². The van der Waals surface area contributed by atoms with E-state index in [9.17, 15) is 26.3 Å². The third-order valence-electron chi connectivity index (χ3n) is 3.83. The van der Waals surface area contributed by atoms with E-state index in [0.717, 1.165) is 18.2 Å². The molecule has 0 saturated carbocycles. The fourth-order valence-corrected chi connectivity index (χ4v) is 3.01. The van der Waals surface area contributed by atoms with Crippen molar-refractivity contribution in [1.29, 1.82) is 0 Å². The molecular weight excluding hydrogens is 382 g/mol. The Hall–Kier alpha value is -2.58. The van der Waals surface area contributed by atoms with Crippen molar-refractivity contribution in [3.8, 4) is 22.4 Å². The summed E-state index contributed by atoms with van der Waals surface area (Å²) < 4.78 is 74.4. The lowest BCUT2D eigenvalue weighted by atomic mass is 10.0. The molecule has 0 aliphatic carbocycles. The van der Waals surface area contributed by atoms with Gasteiger partial charge in [0.15, 0.2) is 0 Å². The normalized spacial score (nSPS) is 12.8. The Morgan fingerprint density at radius 3 is 2.04 bits per heavy atom. The Balaban J connectivity index is 2.07. The molecule has 0 amide bonds. The minimum atomic E-state index is -4.65. The van der Waals surface area contributed by atoms with Gasteiger partial charge in [0.1, 0.15) is 11.5 Å². The second kappa shape index (κ2) is 7.58. The van der Waals surface area contributed by atoms with Crippen LogP contribution in [0.3, 0.4) is 0 Å². The molecule has 3 nitrogen and oxygen atoms in total. The fourth-order valence-electron chi connectivity index (χ4n) is 2.54. The minimum Gasteiger partial charge on any atom is -0.772 e. The van der Waals surface area contributed by atoms with Gasteiger partial charge in [-0.25, -0.2) is 9.37 Å². The first-order valence-electron chi connectivity index (χ1n) is 7.73. The molecule has 1 aromatic heterocycles. The van der Waals surface area contributed by atoms with E-state index < -0.39 is 28.8 Å². The van der Waals surface area contributed by atoms with Crippen LogP contribution in [0.15, 0.2) is 60.7 Å². The van der Waals surface area contributed by atoms with Crippen molar-refractivity contribution in [2.45, 2.75) is 11.9 Å². The fraction of sp³-hybridized carbons (Fsp3) is 0.105. The smallest absolute Gasteiger partial charge is 0.433 e. The first kappa shape index (κ1) is 19.2. The topological polar surface area (TPSA) is 53.0 Å². The van der Waals surface area contributed by atoms with E-state index in [1.165, 1.54) is 30.3 Å². The molecule has 0 aliphatic rings. The number of rotatable bonds is 4. The van der Waals surface area contributed by atoms with Crippen LogP contribution in [-0.4, -0.2) is 13.7 Å². The Morgan fingerprint density at radius 2 is 1.48 bits per heavy atom. The van der Waals surface area contributed by atoms with Gasteiger partial charge in [-0.3, -0.25) is 4.21 Å². The number of nitrogens with zero attached hydrogens (tertiary/aromatic N) is 1. The van der Waals surface area contributed by atoms with Crippen molar-refractivity contribution in [1.82, 2.24) is 4.98 Å². The molecule has 0 N–H and O–H groups in total. The zero-order valence-corrected chi connectivity index (χ0v) is 14.5. The molecule has 0 aliphatic heterocycles. The summed E-state index contributed by atoms with van der Waals surface area (Å²) in [6.07, 6.45) is -4.65. The molecular formula is C19H12F4NO2S-. The van der Waals surface area contributed by atoms with E-state index in [1.807, 2.05) is 0 Å². The van der Waals surface area contributed by atoms with Gasteiger partial charge in [-0.15, -0.1) is 0 Å². The molecule has 1 unspecified atom stereocenters. The van der Waals surface area contributed by atoms with E-state index in [-0.39, 0.29) is 17.0 Å². The molecule has 0 radical (unpaired) electrons. The van der Waals surface area contributed by atoms with Gasteiger partial charge < -0.3 is 4.55 Å². The highest BCUT2D eigenvalue weighted by Gasteiger charge is 2.33. The largest absolute Gasteiger partial charge is 0.772 e. The maximum atomic E-state index is 13.3. The van der Waals surface area contributed by atoms with Crippen LogP contribution in [0.2, 0.25) is 0 Å². The van der Waals surface area contributed by atoms with E-state index in [1.54, 1.807) is 12.1 Å². The lowest BCUT2D eigenvalue weighted by molar-refractivity contribution is -0.141. The van der Waals surface area contributed by atoms with Gasteiger partial charge in [0.05, 0.1) is 5.69 Å². The third-order valence-corrected chi connectivity index (χ3v) is 4.40. The van der Waals surface area contributed by atoms with Crippen molar-refractivity contribution in [3.05, 3.63) is 77.7 Å². The SMILES string of the molecule is O=S([O-])Cc1ccc(-c2cc(-c3ccc(F)cc3)nc(C(F)(F)F)c2)cc1. The van der Waals surface area contributed by atoms with Gasteiger partial charge in [0.2, 0.25) is 0 Å². The highest BCUT2D eigenvalue weighted by molar-refractivity contribution is 7.78. The Morgan fingerprint density at radius 1 is 0.889 bits per heavy atom. The number of pyridine rings is 1. The molecule has 0 bridgehead atoms. The molecule has 140 valence electrons. The summed E-state index contributed by atoms with van der Waals surface area (Å²) in [6.45, 7) is 0. The predicted molar refractivity (Wildman–Crippen MR) is 92.7 cm³/mol. The van der Waals surface area contributed by atoms with Crippen LogP contribution in [-0.2, 0) is 23.0 Å². The number of aromatic nitrogens is 1. The maximum Gasteiger partial charge on any atom is 0.433 e. The van der Waals surface area contributed by atoms with Crippen molar-refractivity contribution in [3.63, 3.8) is 0 Å². The summed E-state index contributed by atoms with van der Waals surface area (Å²) in [7, 11) is 0. The molecule has 1 atom stereocenters. The minimum absolute atomic E-state index is 0.0598. The van der Waals surface area contributed by atoms with E-state index in [4.69, 9.17) is 0 Å². The average Bonchev–Trinajstić information content (AvgIpc) is 2.61. The molecule has 27 heavy (non-hydrogen) atoms. The predicted octanol–water partition coefficient (Wildman–Crippen LogP) is 4.95. The number of hydrogen-bond acceptors (Lipinski definition) is 3. The first-order chi connectivity index (χ1) is 12.7. The second-order valence-electron chi connectivity index (χ2n) is 5.78. The van der Waals surface area contributed by atoms with E-state index in [2.05, 4.69) is 4.98 Å². The molecule has 8 heteroatoms. The van der Waals surface area contributed by atoms with Crippen LogP contribution < -0.4 is 0 Å². The number of alkyl halides is 3. The van der Waals surface area contributed by atoms with Crippen molar-refractivity contribution in [2.24, 2.45) is 0 Å². The molecule has 2 aromatic carbocycles. The molecule has 0 saturated heterocycles. The summed E-state index contributed by atoms with van der Waals surface area (Å²) in [5.41, 5.74) is 0.616. The summed E-state index contributed by atoms with van der Waals surface area (Å²) >= 11 is -2.25. The van der Waals surface area contributed by atoms with Gasteiger partial charge in [-0.1, -0.05) is 35.3 Å². The zero-order valence-electron chi connectivity index (χ0n) is 13.7. The van der Waals surface area contributed by atoms with Gasteiger partial charge in [0, 0.05) is 11.3 Å². The highest BCUT2D eigenvalue weighted by Crippen LogP contribution is 2.34.